The van der Waals surface area contributed by atoms with Crippen LogP contribution in [-0.4, -0.2) is 19.0 Å². The van der Waals surface area contributed by atoms with Gasteiger partial charge < -0.3 is 9.47 Å². The van der Waals surface area contributed by atoms with Crippen LogP contribution in [0.2, 0.25) is 0 Å². The Morgan fingerprint density at radius 3 is 1.37 bits per heavy atom. The minimum Gasteiger partial charge on any atom is -0.494 e. The lowest BCUT2D eigenvalue weighted by Crippen LogP contribution is -2.00. The van der Waals surface area contributed by atoms with Crippen LogP contribution in [0.5, 0.6) is 11.5 Å². The van der Waals surface area contributed by atoms with Crippen LogP contribution in [0.4, 0.5) is 0 Å². The zero-order valence-corrected chi connectivity index (χ0v) is 29.9. The van der Waals surface area contributed by atoms with E-state index in [1.165, 1.54) is 141 Å². The molecule has 46 heavy (non-hydrogen) atoms. The highest BCUT2D eigenvalue weighted by Gasteiger charge is 2.04. The van der Waals surface area contributed by atoms with Crippen LogP contribution in [0.3, 0.4) is 0 Å². The highest BCUT2D eigenvalue weighted by Crippen LogP contribution is 2.18. The van der Waals surface area contributed by atoms with E-state index in [-0.39, 0.29) is 5.78 Å². The van der Waals surface area contributed by atoms with Crippen molar-refractivity contribution < 1.29 is 14.3 Å². The van der Waals surface area contributed by atoms with Crippen LogP contribution >= 0.6 is 0 Å². The van der Waals surface area contributed by atoms with Crippen LogP contribution in [0, 0.1) is 0 Å². The van der Waals surface area contributed by atoms with Crippen molar-refractivity contribution in [1.29, 1.82) is 0 Å². The molecule has 0 aromatic heterocycles. The number of ether oxygens (including phenoxy) is 2. The van der Waals surface area contributed by atoms with Gasteiger partial charge in [0, 0.05) is 5.56 Å². The van der Waals surface area contributed by atoms with Gasteiger partial charge in [0.2, 0.25) is 0 Å². The number of carbonyl (C=O) groups excluding carboxylic acids is 1. The Kier molecular flexibility index (Phi) is 24.7. The summed E-state index contributed by atoms with van der Waals surface area (Å²) < 4.78 is 11.9. The van der Waals surface area contributed by atoms with E-state index < -0.39 is 0 Å². The van der Waals surface area contributed by atoms with E-state index in [0.717, 1.165) is 36.5 Å². The maximum Gasteiger partial charge on any atom is 0.185 e. The second kappa shape index (κ2) is 28.7. The topological polar surface area (TPSA) is 35.5 Å². The van der Waals surface area contributed by atoms with Crippen LogP contribution < -0.4 is 9.47 Å². The number of benzene rings is 2. The monoisotopic (exact) mass is 633 g/mol. The van der Waals surface area contributed by atoms with Gasteiger partial charge in [-0.15, -0.1) is 0 Å². The van der Waals surface area contributed by atoms with Gasteiger partial charge in [0.25, 0.3) is 0 Å². The molecule has 2 rings (SSSR count). The number of allylic oxidation sites excluding steroid dienone is 1. The molecule has 2 aromatic rings. The molecular weight excluding hydrogens is 564 g/mol. The molecule has 0 aliphatic carbocycles. The Balaban J connectivity index is 1.51. The normalized spacial score (nSPS) is 11.3. The van der Waals surface area contributed by atoms with Gasteiger partial charge in [-0.1, -0.05) is 185 Å². The van der Waals surface area contributed by atoms with E-state index >= 15 is 0 Å². The van der Waals surface area contributed by atoms with E-state index in [9.17, 15) is 4.79 Å². The maximum atomic E-state index is 12.8. The van der Waals surface area contributed by atoms with E-state index in [1.807, 2.05) is 54.6 Å². The molecule has 3 heteroatoms. The molecule has 0 fully saturated rings. The summed E-state index contributed by atoms with van der Waals surface area (Å²) in [6.07, 6.45) is 35.7. The van der Waals surface area contributed by atoms with E-state index in [2.05, 4.69) is 13.8 Å². The summed E-state index contributed by atoms with van der Waals surface area (Å²) in [5.41, 5.74) is 1.65. The van der Waals surface area contributed by atoms with Gasteiger partial charge in [0.15, 0.2) is 5.78 Å². The molecule has 3 nitrogen and oxygen atoms in total. The first kappa shape index (κ1) is 39.6. The fraction of sp³-hybridized carbons (Fsp3) is 0.651. The molecule has 0 heterocycles. The van der Waals surface area contributed by atoms with Gasteiger partial charge in [-0.2, -0.15) is 0 Å². The highest BCUT2D eigenvalue weighted by molar-refractivity contribution is 6.07. The molecular formula is C43H68O3. The minimum atomic E-state index is -0.0109. The maximum absolute atomic E-state index is 12.8. The summed E-state index contributed by atoms with van der Waals surface area (Å²) in [4.78, 5) is 12.8. The van der Waals surface area contributed by atoms with Crippen molar-refractivity contribution in [3.8, 4) is 11.5 Å². The molecule has 0 bridgehead atoms. The molecule has 0 spiro atoms. The van der Waals surface area contributed by atoms with Gasteiger partial charge in [0.05, 0.1) is 13.2 Å². The molecule has 0 saturated heterocycles. The zero-order chi connectivity index (χ0) is 32.8. The summed E-state index contributed by atoms with van der Waals surface area (Å²) in [6.45, 7) is 6.03. The molecule has 0 atom stereocenters. The third-order valence-electron chi connectivity index (χ3n) is 8.96. The van der Waals surface area contributed by atoms with Gasteiger partial charge in [0.1, 0.15) is 11.5 Å². The summed E-state index contributed by atoms with van der Waals surface area (Å²) in [6, 6.07) is 15.6. The standard InChI is InChI=1S/C43H68O3/c1-3-5-7-9-11-13-15-16-17-18-20-22-24-26-37-46-42-29-27-28-40(38-42)43(44)35-32-39-30-33-41(34-31-39)45-36-25-23-21-19-14-12-10-8-6-4-2/h27-35,38H,3-26,36-37H2,1-2H3/b35-32+. The quantitative estimate of drug-likeness (QED) is 0.0471. The SMILES string of the molecule is CCCCCCCCCCCCCCCCOc1cccc(C(=O)/C=C/c2ccc(OCCCCCCCCCCCC)cc2)c1. The lowest BCUT2D eigenvalue weighted by atomic mass is 10.0. The van der Waals surface area contributed by atoms with Crippen molar-refractivity contribution in [2.45, 2.75) is 168 Å². The Bertz CT molecular complexity index is 1010. The largest absolute Gasteiger partial charge is 0.494 e. The molecule has 0 unspecified atom stereocenters. The number of hydrogen-bond acceptors (Lipinski definition) is 3. The second-order valence-electron chi connectivity index (χ2n) is 13.3. The van der Waals surface area contributed by atoms with Crippen molar-refractivity contribution in [2.75, 3.05) is 13.2 Å². The number of unbranched alkanes of at least 4 members (excludes halogenated alkanes) is 22. The van der Waals surface area contributed by atoms with Crippen molar-refractivity contribution >= 4 is 11.9 Å². The molecule has 0 radical (unpaired) electrons. The van der Waals surface area contributed by atoms with Crippen molar-refractivity contribution in [1.82, 2.24) is 0 Å². The first-order chi connectivity index (χ1) is 22.7. The molecule has 0 aliphatic heterocycles. The predicted molar refractivity (Wildman–Crippen MR) is 199 cm³/mol. The van der Waals surface area contributed by atoms with Crippen molar-refractivity contribution in [3.05, 3.63) is 65.7 Å². The smallest absolute Gasteiger partial charge is 0.185 e. The number of hydrogen-bond donors (Lipinski definition) is 0. The third-order valence-corrected chi connectivity index (χ3v) is 8.96. The lowest BCUT2D eigenvalue weighted by Gasteiger charge is -2.07. The second-order valence-corrected chi connectivity index (χ2v) is 13.3. The van der Waals surface area contributed by atoms with Crippen LogP contribution in [0.15, 0.2) is 54.6 Å². The Morgan fingerprint density at radius 2 is 0.913 bits per heavy atom. The molecule has 0 N–H and O–H groups in total. The minimum absolute atomic E-state index is 0.0109. The molecule has 0 aliphatic rings. The molecule has 258 valence electrons. The van der Waals surface area contributed by atoms with Gasteiger partial charge in [-0.05, 0) is 48.7 Å². The van der Waals surface area contributed by atoms with Crippen LogP contribution in [-0.2, 0) is 0 Å². The lowest BCUT2D eigenvalue weighted by molar-refractivity contribution is 0.104. The van der Waals surface area contributed by atoms with Gasteiger partial charge >= 0.3 is 0 Å². The number of carbonyl (C=O) groups is 1. The van der Waals surface area contributed by atoms with Crippen LogP contribution in [0.25, 0.3) is 6.08 Å². The third kappa shape index (κ3) is 21.3. The molecule has 0 saturated carbocycles. The van der Waals surface area contributed by atoms with E-state index in [0.29, 0.717) is 12.2 Å². The average molecular weight is 633 g/mol. The zero-order valence-electron chi connectivity index (χ0n) is 29.9. The summed E-state index contributed by atoms with van der Waals surface area (Å²) in [5.74, 6) is 1.66. The first-order valence-corrected chi connectivity index (χ1v) is 19.4. The van der Waals surface area contributed by atoms with E-state index in [4.69, 9.17) is 9.47 Å². The summed E-state index contributed by atoms with van der Waals surface area (Å²) >= 11 is 0. The summed E-state index contributed by atoms with van der Waals surface area (Å²) in [5, 5.41) is 0. The highest BCUT2D eigenvalue weighted by atomic mass is 16.5. The van der Waals surface area contributed by atoms with Gasteiger partial charge in [-0.3, -0.25) is 4.79 Å². The summed E-state index contributed by atoms with van der Waals surface area (Å²) in [7, 11) is 0. The fourth-order valence-electron chi connectivity index (χ4n) is 5.95. The predicted octanol–water partition coefficient (Wildman–Crippen LogP) is 13.7. The van der Waals surface area contributed by atoms with E-state index in [1.54, 1.807) is 6.08 Å². The molecule has 0 amide bonds. The molecule has 2 aromatic carbocycles. The van der Waals surface area contributed by atoms with Gasteiger partial charge in [-0.25, -0.2) is 0 Å². The Morgan fingerprint density at radius 1 is 0.500 bits per heavy atom. The van der Waals surface area contributed by atoms with Crippen LogP contribution in [0.1, 0.15) is 184 Å². The average Bonchev–Trinajstić information content (AvgIpc) is 3.08. The Hall–Kier alpha value is -2.55. The number of ketones is 1. The fourth-order valence-corrected chi connectivity index (χ4v) is 5.95. The number of rotatable bonds is 31. The first-order valence-electron chi connectivity index (χ1n) is 19.4. The van der Waals surface area contributed by atoms with Crippen molar-refractivity contribution in [3.63, 3.8) is 0 Å². The van der Waals surface area contributed by atoms with Crippen molar-refractivity contribution in [2.24, 2.45) is 0 Å². The Labute approximate surface area is 284 Å².